The Bertz CT molecular complexity index is 902. The molecule has 3 aromatic rings. The molecule has 4 rings (SSSR count). The predicted octanol–water partition coefficient (Wildman–Crippen LogP) is 2.25. The highest BCUT2D eigenvalue weighted by molar-refractivity contribution is 5.91. The topological polar surface area (TPSA) is 75.9 Å². The van der Waals surface area contributed by atoms with Crippen LogP contribution in [0, 0.1) is 0 Å². The van der Waals surface area contributed by atoms with Crippen molar-refractivity contribution in [3.05, 3.63) is 71.7 Å². The van der Waals surface area contributed by atoms with E-state index in [0.717, 1.165) is 30.0 Å². The molecule has 0 atom stereocenters. The fraction of sp³-hybridized carbons (Fsp3) is 0.300. The molecule has 0 aliphatic carbocycles. The summed E-state index contributed by atoms with van der Waals surface area (Å²) in [5, 5.41) is 10.9. The molecular formula is C20H22N6O. The molecule has 1 fully saturated rings. The summed E-state index contributed by atoms with van der Waals surface area (Å²) in [5.74, 6) is 0.752. The Morgan fingerprint density at radius 2 is 1.89 bits per heavy atom. The maximum Gasteiger partial charge on any atom is 0.273 e. The summed E-state index contributed by atoms with van der Waals surface area (Å²) in [7, 11) is 0. The summed E-state index contributed by atoms with van der Waals surface area (Å²) < 4.78 is 1.67. The first-order valence-electron chi connectivity index (χ1n) is 9.20. The van der Waals surface area contributed by atoms with Crippen LogP contribution < -0.4 is 10.2 Å². The van der Waals surface area contributed by atoms with Gasteiger partial charge in [0.2, 0.25) is 0 Å². The van der Waals surface area contributed by atoms with E-state index in [1.165, 1.54) is 12.8 Å². The highest BCUT2D eigenvalue weighted by Crippen LogP contribution is 2.18. The van der Waals surface area contributed by atoms with Crippen LogP contribution in [0.1, 0.15) is 34.5 Å². The SMILES string of the molecule is O=C(NCc1ccnc(N2CCCC2)c1)c1cn(Cc2ccccc2)nn1. The smallest absolute Gasteiger partial charge is 0.273 e. The first-order valence-corrected chi connectivity index (χ1v) is 9.20. The maximum absolute atomic E-state index is 12.4. The summed E-state index contributed by atoms with van der Waals surface area (Å²) in [5.41, 5.74) is 2.46. The van der Waals surface area contributed by atoms with Crippen LogP contribution in [0.2, 0.25) is 0 Å². The van der Waals surface area contributed by atoms with Crippen LogP contribution in [-0.2, 0) is 13.1 Å². The van der Waals surface area contributed by atoms with Crippen LogP contribution in [0.15, 0.2) is 54.9 Å². The Kier molecular flexibility index (Phi) is 5.09. The molecule has 0 radical (unpaired) electrons. The van der Waals surface area contributed by atoms with E-state index in [1.807, 2.05) is 42.5 Å². The van der Waals surface area contributed by atoms with Gasteiger partial charge in [0.1, 0.15) is 5.82 Å². The number of carbonyl (C=O) groups is 1. The summed E-state index contributed by atoms with van der Waals surface area (Å²) in [6.45, 7) is 3.12. The van der Waals surface area contributed by atoms with Crippen molar-refractivity contribution in [3.8, 4) is 0 Å². The van der Waals surface area contributed by atoms with Crippen molar-refractivity contribution in [3.63, 3.8) is 0 Å². The van der Waals surface area contributed by atoms with E-state index in [2.05, 4.69) is 25.5 Å². The predicted molar refractivity (Wildman–Crippen MR) is 102 cm³/mol. The molecule has 7 heteroatoms. The molecule has 2 aromatic heterocycles. The lowest BCUT2D eigenvalue weighted by atomic mass is 10.2. The van der Waals surface area contributed by atoms with Gasteiger partial charge in [-0.2, -0.15) is 0 Å². The van der Waals surface area contributed by atoms with Gasteiger partial charge in [0.25, 0.3) is 5.91 Å². The molecule has 27 heavy (non-hydrogen) atoms. The van der Waals surface area contributed by atoms with Crippen molar-refractivity contribution in [2.75, 3.05) is 18.0 Å². The summed E-state index contributed by atoms with van der Waals surface area (Å²) >= 11 is 0. The largest absolute Gasteiger partial charge is 0.357 e. The second-order valence-corrected chi connectivity index (χ2v) is 6.69. The lowest BCUT2D eigenvalue weighted by molar-refractivity contribution is 0.0946. The van der Waals surface area contributed by atoms with Gasteiger partial charge < -0.3 is 10.2 Å². The molecule has 3 heterocycles. The highest BCUT2D eigenvalue weighted by atomic mass is 16.2. The van der Waals surface area contributed by atoms with Crippen LogP contribution in [-0.4, -0.2) is 39.0 Å². The van der Waals surface area contributed by atoms with E-state index >= 15 is 0 Å². The van der Waals surface area contributed by atoms with E-state index in [9.17, 15) is 4.79 Å². The van der Waals surface area contributed by atoms with Crippen LogP contribution >= 0.6 is 0 Å². The van der Waals surface area contributed by atoms with Crippen molar-refractivity contribution in [1.82, 2.24) is 25.3 Å². The van der Waals surface area contributed by atoms with Crippen molar-refractivity contribution in [2.24, 2.45) is 0 Å². The van der Waals surface area contributed by atoms with Gasteiger partial charge in [0, 0.05) is 25.8 Å². The normalized spacial score (nSPS) is 13.7. The third-order valence-corrected chi connectivity index (χ3v) is 4.65. The summed E-state index contributed by atoms with van der Waals surface area (Å²) in [6, 6.07) is 13.9. The lowest BCUT2D eigenvalue weighted by Gasteiger charge is -2.16. The zero-order valence-corrected chi connectivity index (χ0v) is 15.1. The van der Waals surface area contributed by atoms with Crippen LogP contribution in [0.5, 0.6) is 0 Å². The van der Waals surface area contributed by atoms with Gasteiger partial charge >= 0.3 is 0 Å². The highest BCUT2D eigenvalue weighted by Gasteiger charge is 2.14. The maximum atomic E-state index is 12.4. The molecule has 0 unspecified atom stereocenters. The average Bonchev–Trinajstić information content (AvgIpc) is 3.39. The van der Waals surface area contributed by atoms with Gasteiger partial charge in [-0.1, -0.05) is 35.5 Å². The third-order valence-electron chi connectivity index (χ3n) is 4.65. The van der Waals surface area contributed by atoms with Gasteiger partial charge in [0.15, 0.2) is 5.69 Å². The number of aromatic nitrogens is 4. The Labute approximate surface area is 158 Å². The molecule has 1 aliphatic rings. The number of nitrogens with zero attached hydrogens (tertiary/aromatic N) is 5. The van der Waals surface area contributed by atoms with Gasteiger partial charge in [-0.25, -0.2) is 9.67 Å². The fourth-order valence-corrected chi connectivity index (χ4v) is 3.21. The van der Waals surface area contributed by atoms with E-state index in [1.54, 1.807) is 17.1 Å². The van der Waals surface area contributed by atoms with Gasteiger partial charge in [-0.3, -0.25) is 4.79 Å². The zero-order valence-electron chi connectivity index (χ0n) is 15.1. The van der Waals surface area contributed by atoms with Gasteiger partial charge in [-0.05, 0) is 36.1 Å². The molecule has 7 nitrogen and oxygen atoms in total. The Balaban J connectivity index is 1.35. The van der Waals surface area contributed by atoms with Crippen molar-refractivity contribution in [2.45, 2.75) is 25.9 Å². The molecule has 1 aliphatic heterocycles. The Morgan fingerprint density at radius 3 is 2.70 bits per heavy atom. The molecule has 1 saturated heterocycles. The number of hydrogen-bond acceptors (Lipinski definition) is 5. The van der Waals surface area contributed by atoms with Crippen molar-refractivity contribution >= 4 is 11.7 Å². The Hall–Kier alpha value is -3.22. The molecule has 138 valence electrons. The second kappa shape index (κ2) is 7.99. The molecule has 0 spiro atoms. The van der Waals surface area contributed by atoms with Crippen LogP contribution in [0.25, 0.3) is 0 Å². The third kappa shape index (κ3) is 4.31. The first-order chi connectivity index (χ1) is 13.3. The van der Waals surface area contributed by atoms with Gasteiger partial charge in [0.05, 0.1) is 12.7 Å². The van der Waals surface area contributed by atoms with Crippen LogP contribution in [0.4, 0.5) is 5.82 Å². The van der Waals surface area contributed by atoms with Crippen LogP contribution in [0.3, 0.4) is 0 Å². The number of carbonyl (C=O) groups excluding carboxylic acids is 1. The number of pyridine rings is 1. The van der Waals surface area contributed by atoms with Crippen molar-refractivity contribution in [1.29, 1.82) is 0 Å². The molecular weight excluding hydrogens is 340 g/mol. The minimum Gasteiger partial charge on any atom is -0.357 e. The molecule has 1 aromatic carbocycles. The first kappa shape index (κ1) is 17.2. The molecule has 0 bridgehead atoms. The average molecular weight is 362 g/mol. The number of benzene rings is 1. The summed E-state index contributed by atoms with van der Waals surface area (Å²) in [4.78, 5) is 19.1. The van der Waals surface area contributed by atoms with E-state index in [4.69, 9.17) is 0 Å². The Morgan fingerprint density at radius 1 is 1.07 bits per heavy atom. The number of anilines is 1. The van der Waals surface area contributed by atoms with E-state index < -0.39 is 0 Å². The fourth-order valence-electron chi connectivity index (χ4n) is 3.21. The summed E-state index contributed by atoms with van der Waals surface area (Å²) in [6.07, 6.45) is 5.89. The standard InChI is InChI=1S/C20H22N6O/c27-20(18-15-26(24-23-18)14-16-6-2-1-3-7-16)22-13-17-8-9-21-19(12-17)25-10-4-5-11-25/h1-3,6-9,12,15H,4-5,10-11,13-14H2,(H,22,27). The molecule has 1 N–H and O–H groups in total. The minimum atomic E-state index is -0.228. The molecule has 0 saturated carbocycles. The van der Waals surface area contributed by atoms with Gasteiger partial charge in [-0.15, -0.1) is 5.10 Å². The number of nitrogens with one attached hydrogen (secondary N) is 1. The number of hydrogen-bond donors (Lipinski definition) is 1. The number of rotatable bonds is 6. The van der Waals surface area contributed by atoms with E-state index in [-0.39, 0.29) is 5.91 Å². The second-order valence-electron chi connectivity index (χ2n) is 6.69. The van der Waals surface area contributed by atoms with Crippen molar-refractivity contribution < 1.29 is 4.79 Å². The number of amides is 1. The zero-order chi connectivity index (χ0) is 18.5. The van der Waals surface area contributed by atoms with E-state index in [0.29, 0.717) is 18.8 Å². The molecule has 1 amide bonds. The quantitative estimate of drug-likeness (QED) is 0.728. The monoisotopic (exact) mass is 362 g/mol. The minimum absolute atomic E-state index is 0.228. The lowest BCUT2D eigenvalue weighted by Crippen LogP contribution is -2.24.